The van der Waals surface area contributed by atoms with E-state index in [4.69, 9.17) is 9.47 Å². The minimum absolute atomic E-state index is 0.147. The number of anilines is 1. The normalized spacial score (nSPS) is 22.7. The molecule has 3 fully saturated rings. The molecule has 0 amide bonds. The Morgan fingerprint density at radius 3 is 2.46 bits per heavy atom. The average molecular weight is 553 g/mol. The summed E-state index contributed by atoms with van der Waals surface area (Å²) in [7, 11) is 0. The Morgan fingerprint density at radius 1 is 0.976 bits per heavy atom. The number of carbonyl (C=O) groups excluding carboxylic acids is 1. The molecule has 214 valence electrons. The SMILES string of the molecule is CC1(C)C2=C(C(=O)c3cc(CCCN4CCOCC4)c(N4CCN(C5COC5)CC4)cc31)c1ccc(C#N)cc1C2. The average Bonchev–Trinajstić information content (AvgIpc) is 3.36. The highest BCUT2D eigenvalue weighted by Gasteiger charge is 2.43. The molecule has 0 bridgehead atoms. The predicted molar refractivity (Wildman–Crippen MR) is 160 cm³/mol. The van der Waals surface area contributed by atoms with Gasteiger partial charge < -0.3 is 14.4 Å². The summed E-state index contributed by atoms with van der Waals surface area (Å²) in [6, 6.07) is 13.3. The van der Waals surface area contributed by atoms with E-state index in [9.17, 15) is 10.1 Å². The topological polar surface area (TPSA) is 69.0 Å². The fourth-order valence-corrected chi connectivity index (χ4v) is 7.50. The second kappa shape index (κ2) is 10.7. The number of ketones is 1. The largest absolute Gasteiger partial charge is 0.379 e. The van der Waals surface area contributed by atoms with Gasteiger partial charge in [-0.1, -0.05) is 19.9 Å². The third kappa shape index (κ3) is 4.71. The maximum Gasteiger partial charge on any atom is 0.193 e. The molecule has 2 aromatic rings. The second-order valence-electron chi connectivity index (χ2n) is 12.8. The van der Waals surface area contributed by atoms with Gasteiger partial charge in [0.25, 0.3) is 0 Å². The number of hydrogen-bond donors (Lipinski definition) is 0. The van der Waals surface area contributed by atoms with Crippen LogP contribution in [0, 0.1) is 11.3 Å². The van der Waals surface area contributed by atoms with Crippen LogP contribution in [0.1, 0.15) is 58.4 Å². The highest BCUT2D eigenvalue weighted by atomic mass is 16.5. The van der Waals surface area contributed by atoms with E-state index >= 15 is 0 Å². The fourth-order valence-electron chi connectivity index (χ4n) is 7.50. The number of benzene rings is 2. The Bertz CT molecular complexity index is 1440. The summed E-state index contributed by atoms with van der Waals surface area (Å²) in [4.78, 5) is 21.9. The van der Waals surface area contributed by atoms with E-state index in [-0.39, 0.29) is 11.2 Å². The Hall–Kier alpha value is -3.02. The molecule has 2 aromatic carbocycles. The first-order valence-electron chi connectivity index (χ1n) is 15.3. The van der Waals surface area contributed by atoms with Gasteiger partial charge in [0.2, 0.25) is 0 Å². The summed E-state index contributed by atoms with van der Waals surface area (Å²) >= 11 is 0. The number of nitriles is 1. The number of Topliss-reactive ketones (excluding diaryl/α,β-unsaturated/α-hetero) is 1. The van der Waals surface area contributed by atoms with Gasteiger partial charge in [-0.2, -0.15) is 5.26 Å². The molecule has 3 saturated heterocycles. The molecule has 7 heteroatoms. The standard InChI is InChI=1S/C34H40N4O3/c1-34(2)29-19-31(38-10-8-37(9-11-38)26-21-41-22-26)24(4-3-7-36-12-14-40-15-13-36)17-28(29)33(39)32-27-6-5-23(20-35)16-25(27)18-30(32)34/h5-6,16-17,19,26H,3-4,7-15,18,21-22H2,1-2H3. The van der Waals surface area contributed by atoms with E-state index in [2.05, 4.69) is 46.7 Å². The van der Waals surface area contributed by atoms with Crippen molar-refractivity contribution in [2.45, 2.75) is 44.6 Å². The number of carbonyl (C=O) groups is 1. The van der Waals surface area contributed by atoms with Crippen LogP contribution in [0.25, 0.3) is 5.57 Å². The molecule has 7 rings (SSSR count). The van der Waals surface area contributed by atoms with E-state index in [1.54, 1.807) is 0 Å². The summed E-state index contributed by atoms with van der Waals surface area (Å²) in [5, 5.41) is 9.47. The van der Waals surface area contributed by atoms with Crippen LogP contribution < -0.4 is 4.90 Å². The van der Waals surface area contributed by atoms with E-state index in [1.165, 1.54) is 16.8 Å². The zero-order valence-electron chi connectivity index (χ0n) is 24.4. The third-order valence-electron chi connectivity index (χ3n) is 10.1. The smallest absolute Gasteiger partial charge is 0.193 e. The molecule has 7 nitrogen and oxygen atoms in total. The van der Waals surface area contributed by atoms with Crippen LogP contribution in [-0.2, 0) is 27.7 Å². The first-order valence-corrected chi connectivity index (χ1v) is 15.3. The zero-order chi connectivity index (χ0) is 28.1. The Labute approximate surface area is 243 Å². The van der Waals surface area contributed by atoms with Gasteiger partial charge in [-0.15, -0.1) is 0 Å². The van der Waals surface area contributed by atoms with E-state index < -0.39 is 0 Å². The third-order valence-corrected chi connectivity index (χ3v) is 10.1. The van der Waals surface area contributed by atoms with Crippen molar-refractivity contribution >= 4 is 17.0 Å². The van der Waals surface area contributed by atoms with Gasteiger partial charge in [0, 0.05) is 61.5 Å². The number of fused-ring (bicyclic) bond motifs is 3. The lowest BCUT2D eigenvalue weighted by Gasteiger charge is -2.44. The number of ether oxygens (including phenoxy) is 2. The highest BCUT2D eigenvalue weighted by Crippen LogP contribution is 2.51. The molecule has 0 spiro atoms. The van der Waals surface area contributed by atoms with Crippen LogP contribution in [-0.4, -0.2) is 93.9 Å². The highest BCUT2D eigenvalue weighted by molar-refractivity contribution is 6.33. The molecule has 5 aliphatic rings. The molecular weight excluding hydrogens is 512 g/mol. The van der Waals surface area contributed by atoms with Crippen LogP contribution in [0.3, 0.4) is 0 Å². The molecule has 0 unspecified atom stereocenters. The molecular formula is C34H40N4O3. The number of hydrogen-bond acceptors (Lipinski definition) is 7. The first-order chi connectivity index (χ1) is 19.9. The van der Waals surface area contributed by atoms with Crippen LogP contribution in [0.15, 0.2) is 35.9 Å². The molecule has 0 N–H and O–H groups in total. The number of piperazine rings is 1. The van der Waals surface area contributed by atoms with Crippen molar-refractivity contribution in [1.29, 1.82) is 5.26 Å². The maximum absolute atomic E-state index is 14.2. The molecule has 0 atom stereocenters. The number of rotatable bonds is 6. The van der Waals surface area contributed by atoms with Crippen molar-refractivity contribution in [2.75, 3.05) is 77.1 Å². The van der Waals surface area contributed by atoms with Gasteiger partial charge in [0.05, 0.1) is 44.1 Å². The molecule has 41 heavy (non-hydrogen) atoms. The summed E-state index contributed by atoms with van der Waals surface area (Å²) in [5.74, 6) is 0.147. The van der Waals surface area contributed by atoms with Crippen molar-refractivity contribution in [3.8, 4) is 6.07 Å². The van der Waals surface area contributed by atoms with Crippen molar-refractivity contribution in [3.63, 3.8) is 0 Å². The summed E-state index contributed by atoms with van der Waals surface area (Å²) in [6.07, 6.45) is 2.76. The monoisotopic (exact) mass is 552 g/mol. The quantitative estimate of drug-likeness (QED) is 0.540. The summed E-state index contributed by atoms with van der Waals surface area (Å²) in [5.41, 5.74) is 9.18. The number of aryl methyl sites for hydroxylation is 1. The number of morpholine rings is 1. The van der Waals surface area contributed by atoms with Gasteiger partial charge in [-0.25, -0.2) is 0 Å². The first kappa shape index (κ1) is 26.9. The van der Waals surface area contributed by atoms with Gasteiger partial charge in [-0.05, 0) is 77.9 Å². The van der Waals surface area contributed by atoms with Crippen LogP contribution in [0.2, 0.25) is 0 Å². The van der Waals surface area contributed by atoms with Gasteiger partial charge in [0.15, 0.2) is 5.78 Å². The van der Waals surface area contributed by atoms with Crippen molar-refractivity contribution in [2.24, 2.45) is 0 Å². The lowest BCUT2D eigenvalue weighted by Crippen LogP contribution is -2.56. The molecule has 3 heterocycles. The van der Waals surface area contributed by atoms with E-state index in [1.807, 2.05) is 18.2 Å². The minimum Gasteiger partial charge on any atom is -0.379 e. The van der Waals surface area contributed by atoms with Crippen molar-refractivity contribution < 1.29 is 14.3 Å². The van der Waals surface area contributed by atoms with Crippen molar-refractivity contribution in [1.82, 2.24) is 9.80 Å². The number of allylic oxidation sites excluding steroid dienone is 2. The molecule has 0 aromatic heterocycles. The fraction of sp³-hybridized carbons (Fsp3) is 0.529. The van der Waals surface area contributed by atoms with Gasteiger partial charge in [-0.3, -0.25) is 14.6 Å². The predicted octanol–water partition coefficient (Wildman–Crippen LogP) is 3.83. The molecule has 0 radical (unpaired) electrons. The summed E-state index contributed by atoms with van der Waals surface area (Å²) < 4.78 is 11.0. The zero-order valence-corrected chi connectivity index (χ0v) is 24.4. The Kier molecular flexibility index (Phi) is 6.99. The maximum atomic E-state index is 14.2. The second-order valence-corrected chi connectivity index (χ2v) is 12.8. The van der Waals surface area contributed by atoms with Gasteiger partial charge >= 0.3 is 0 Å². The lowest BCUT2D eigenvalue weighted by molar-refractivity contribution is -0.0660. The molecule has 3 aliphatic heterocycles. The van der Waals surface area contributed by atoms with E-state index in [0.29, 0.717) is 11.6 Å². The Balaban J connectivity index is 1.22. The molecule has 0 saturated carbocycles. The number of nitrogens with zero attached hydrogens (tertiary/aromatic N) is 4. The molecule has 2 aliphatic carbocycles. The van der Waals surface area contributed by atoms with Crippen LogP contribution >= 0.6 is 0 Å². The Morgan fingerprint density at radius 2 is 1.76 bits per heavy atom. The van der Waals surface area contributed by atoms with Crippen LogP contribution in [0.4, 0.5) is 5.69 Å². The summed E-state index contributed by atoms with van der Waals surface area (Å²) in [6.45, 7) is 15.1. The van der Waals surface area contributed by atoms with E-state index in [0.717, 1.165) is 119 Å². The van der Waals surface area contributed by atoms with Gasteiger partial charge in [0.1, 0.15) is 0 Å². The van der Waals surface area contributed by atoms with Crippen molar-refractivity contribution in [3.05, 3.63) is 69.3 Å². The van der Waals surface area contributed by atoms with Crippen LogP contribution in [0.5, 0.6) is 0 Å². The minimum atomic E-state index is -0.267. The lowest BCUT2D eigenvalue weighted by atomic mass is 9.68.